The van der Waals surface area contributed by atoms with E-state index < -0.39 is 12.1 Å². The van der Waals surface area contributed by atoms with Crippen LogP contribution in [0.4, 0.5) is 0 Å². The number of esters is 1. The van der Waals surface area contributed by atoms with Gasteiger partial charge in [-0.2, -0.15) is 0 Å². The fourth-order valence-electron chi connectivity index (χ4n) is 4.02. The Balaban J connectivity index is 3.56. The molecule has 4 nitrogen and oxygen atoms in total. The third-order valence-electron chi connectivity index (χ3n) is 6.10. The highest BCUT2D eigenvalue weighted by Gasteiger charge is 2.21. The quantitative estimate of drug-likeness (QED) is 0.120. The molecule has 0 heterocycles. The second-order valence-corrected chi connectivity index (χ2v) is 9.22. The number of rotatable bonds is 24. The third-order valence-corrected chi connectivity index (χ3v) is 6.10. The standard InChI is InChI=1S/C27H52O4/c1-3-5-7-9-11-12-13-14-15-16-17-18-19-21-23-25(27(29)30)31-26(28)24-22-20-10-8-6-4-2/h25H,3-24H2,1-2H3,(H,29,30). The molecule has 184 valence electrons. The average molecular weight is 441 g/mol. The summed E-state index contributed by atoms with van der Waals surface area (Å²) in [5.41, 5.74) is 0. The summed E-state index contributed by atoms with van der Waals surface area (Å²) in [6.07, 6.45) is 24.3. The molecule has 0 rings (SSSR count). The zero-order valence-corrected chi connectivity index (χ0v) is 20.8. The maximum absolute atomic E-state index is 11.9. The van der Waals surface area contributed by atoms with Gasteiger partial charge in [0.1, 0.15) is 0 Å². The Kier molecular flexibility index (Phi) is 22.8. The van der Waals surface area contributed by atoms with Crippen LogP contribution in [-0.4, -0.2) is 23.1 Å². The predicted octanol–water partition coefficient (Wildman–Crippen LogP) is 8.60. The van der Waals surface area contributed by atoms with Crippen LogP contribution in [0.3, 0.4) is 0 Å². The van der Waals surface area contributed by atoms with Crippen LogP contribution >= 0.6 is 0 Å². The average Bonchev–Trinajstić information content (AvgIpc) is 2.75. The van der Waals surface area contributed by atoms with Crippen LogP contribution in [0.2, 0.25) is 0 Å². The molecule has 0 amide bonds. The van der Waals surface area contributed by atoms with Gasteiger partial charge in [-0.15, -0.1) is 0 Å². The minimum atomic E-state index is -1.01. The van der Waals surface area contributed by atoms with E-state index in [9.17, 15) is 14.7 Å². The van der Waals surface area contributed by atoms with Gasteiger partial charge in [-0.3, -0.25) is 4.79 Å². The number of hydrogen-bond acceptors (Lipinski definition) is 3. The molecule has 0 saturated heterocycles. The van der Waals surface area contributed by atoms with Gasteiger partial charge in [0.05, 0.1) is 0 Å². The number of carboxylic acid groups (broad SMARTS) is 1. The molecule has 0 saturated carbocycles. The molecule has 0 aliphatic carbocycles. The zero-order valence-electron chi connectivity index (χ0n) is 20.8. The van der Waals surface area contributed by atoms with Gasteiger partial charge < -0.3 is 9.84 Å². The van der Waals surface area contributed by atoms with Gasteiger partial charge in [-0.25, -0.2) is 4.79 Å². The van der Waals surface area contributed by atoms with Crippen molar-refractivity contribution in [2.24, 2.45) is 0 Å². The van der Waals surface area contributed by atoms with E-state index in [1.807, 2.05) is 0 Å². The first-order valence-corrected chi connectivity index (χ1v) is 13.5. The van der Waals surface area contributed by atoms with Crippen LogP contribution in [0.15, 0.2) is 0 Å². The first kappa shape index (κ1) is 29.9. The first-order chi connectivity index (χ1) is 15.1. The highest BCUT2D eigenvalue weighted by atomic mass is 16.6. The monoisotopic (exact) mass is 440 g/mol. The van der Waals surface area contributed by atoms with Crippen molar-refractivity contribution in [3.05, 3.63) is 0 Å². The van der Waals surface area contributed by atoms with Crippen molar-refractivity contribution in [1.82, 2.24) is 0 Å². The van der Waals surface area contributed by atoms with Gasteiger partial charge in [0.25, 0.3) is 0 Å². The second-order valence-electron chi connectivity index (χ2n) is 9.22. The number of hydrogen-bond donors (Lipinski definition) is 1. The number of carbonyl (C=O) groups excluding carboxylic acids is 1. The van der Waals surface area contributed by atoms with Crippen molar-refractivity contribution in [1.29, 1.82) is 0 Å². The van der Waals surface area contributed by atoms with Gasteiger partial charge in [-0.05, 0) is 19.3 Å². The smallest absolute Gasteiger partial charge is 0.345 e. The van der Waals surface area contributed by atoms with Gasteiger partial charge in [-0.1, -0.05) is 129 Å². The summed E-state index contributed by atoms with van der Waals surface area (Å²) >= 11 is 0. The molecule has 0 fully saturated rings. The molecular weight excluding hydrogens is 388 g/mol. The lowest BCUT2D eigenvalue weighted by molar-refractivity contribution is -0.164. The lowest BCUT2D eigenvalue weighted by Gasteiger charge is -2.13. The molecule has 0 radical (unpaired) electrons. The number of carbonyl (C=O) groups is 2. The predicted molar refractivity (Wildman–Crippen MR) is 130 cm³/mol. The summed E-state index contributed by atoms with van der Waals surface area (Å²) in [4.78, 5) is 23.3. The van der Waals surface area contributed by atoms with E-state index in [2.05, 4.69) is 13.8 Å². The fourth-order valence-corrected chi connectivity index (χ4v) is 4.02. The Hall–Kier alpha value is -1.06. The molecule has 31 heavy (non-hydrogen) atoms. The highest BCUT2D eigenvalue weighted by molar-refractivity contribution is 5.77. The van der Waals surface area contributed by atoms with Crippen molar-refractivity contribution in [2.45, 2.75) is 161 Å². The van der Waals surface area contributed by atoms with E-state index in [-0.39, 0.29) is 5.97 Å². The minimum absolute atomic E-state index is 0.342. The molecule has 0 spiro atoms. The summed E-state index contributed by atoms with van der Waals surface area (Å²) < 4.78 is 5.21. The van der Waals surface area contributed by atoms with Gasteiger partial charge in [0.15, 0.2) is 6.10 Å². The Morgan fingerprint density at radius 3 is 1.32 bits per heavy atom. The minimum Gasteiger partial charge on any atom is -0.479 e. The molecule has 0 aliphatic rings. The van der Waals surface area contributed by atoms with Gasteiger partial charge >= 0.3 is 11.9 Å². The number of carboxylic acids is 1. The van der Waals surface area contributed by atoms with Crippen molar-refractivity contribution in [3.8, 4) is 0 Å². The Bertz CT molecular complexity index is 408. The van der Waals surface area contributed by atoms with Gasteiger partial charge in [0, 0.05) is 6.42 Å². The van der Waals surface area contributed by atoms with Crippen LogP contribution in [0, 0.1) is 0 Å². The van der Waals surface area contributed by atoms with Crippen LogP contribution in [0.25, 0.3) is 0 Å². The summed E-state index contributed by atoms with van der Waals surface area (Å²) in [5.74, 6) is -1.36. The molecule has 0 aliphatic heterocycles. The third kappa shape index (κ3) is 21.9. The van der Waals surface area contributed by atoms with E-state index in [0.29, 0.717) is 12.8 Å². The fraction of sp³-hybridized carbons (Fsp3) is 0.926. The van der Waals surface area contributed by atoms with Crippen LogP contribution in [0.1, 0.15) is 155 Å². The van der Waals surface area contributed by atoms with Crippen LogP contribution < -0.4 is 0 Å². The Morgan fingerprint density at radius 2 is 0.935 bits per heavy atom. The maximum Gasteiger partial charge on any atom is 0.345 e. The molecule has 0 aromatic rings. The zero-order chi connectivity index (χ0) is 23.0. The normalized spacial score (nSPS) is 12.1. The summed E-state index contributed by atoms with van der Waals surface area (Å²) in [7, 11) is 0. The van der Waals surface area contributed by atoms with Crippen molar-refractivity contribution >= 4 is 11.9 Å². The topological polar surface area (TPSA) is 63.6 Å². The van der Waals surface area contributed by atoms with Gasteiger partial charge in [0.2, 0.25) is 0 Å². The molecule has 0 aromatic carbocycles. The lowest BCUT2D eigenvalue weighted by Crippen LogP contribution is -2.27. The summed E-state index contributed by atoms with van der Waals surface area (Å²) in [6.45, 7) is 4.44. The van der Waals surface area contributed by atoms with Crippen LogP contribution in [0.5, 0.6) is 0 Å². The van der Waals surface area contributed by atoms with Crippen molar-refractivity contribution < 1.29 is 19.4 Å². The molecule has 1 unspecified atom stereocenters. The van der Waals surface area contributed by atoms with E-state index in [0.717, 1.165) is 38.5 Å². The van der Waals surface area contributed by atoms with Crippen molar-refractivity contribution in [2.75, 3.05) is 0 Å². The van der Waals surface area contributed by atoms with Crippen LogP contribution in [-0.2, 0) is 14.3 Å². The van der Waals surface area contributed by atoms with Crippen molar-refractivity contribution in [3.63, 3.8) is 0 Å². The molecular formula is C27H52O4. The largest absolute Gasteiger partial charge is 0.479 e. The summed E-state index contributed by atoms with van der Waals surface area (Å²) in [5, 5.41) is 9.32. The molecule has 1 N–H and O–H groups in total. The van der Waals surface area contributed by atoms with E-state index in [1.54, 1.807) is 0 Å². The number of aliphatic carboxylic acids is 1. The lowest BCUT2D eigenvalue weighted by atomic mass is 10.0. The second kappa shape index (κ2) is 23.6. The van der Waals surface area contributed by atoms with E-state index in [4.69, 9.17) is 4.74 Å². The Labute approximate surface area is 192 Å². The van der Waals surface area contributed by atoms with E-state index >= 15 is 0 Å². The molecule has 0 bridgehead atoms. The molecule has 4 heteroatoms. The SMILES string of the molecule is CCCCCCCCCCCCCCCCC(OC(=O)CCCCCCCC)C(=O)O. The number of ether oxygens (including phenoxy) is 1. The van der Waals surface area contributed by atoms with E-state index in [1.165, 1.54) is 89.9 Å². The molecule has 0 aromatic heterocycles. The molecule has 1 atom stereocenters. The Morgan fingerprint density at radius 1 is 0.581 bits per heavy atom. The maximum atomic E-state index is 11.9. The summed E-state index contributed by atoms with van der Waals surface area (Å²) in [6, 6.07) is 0. The number of unbranched alkanes of at least 4 members (excludes halogenated alkanes) is 18. The highest BCUT2D eigenvalue weighted by Crippen LogP contribution is 2.15. The first-order valence-electron chi connectivity index (χ1n) is 13.5.